The molecule has 130 valence electrons. The van der Waals surface area contributed by atoms with Crippen molar-refractivity contribution in [1.29, 1.82) is 0 Å². The standard InChI is InChI=1S/C19H16FN5S/c1-2-12-5-4-8-16-14(10-21-17(12)16)11-22-25-18(23-24-19(25)26)13-6-3-7-15(20)9-13/h3-11,21H,2H2,1H3,(H,24,26)/b22-11+. The molecule has 0 aliphatic carbocycles. The first-order valence-corrected chi connectivity index (χ1v) is 8.65. The highest BCUT2D eigenvalue weighted by molar-refractivity contribution is 7.71. The van der Waals surface area contributed by atoms with Crippen molar-refractivity contribution in [3.63, 3.8) is 0 Å². The minimum Gasteiger partial charge on any atom is -0.360 e. The molecule has 26 heavy (non-hydrogen) atoms. The summed E-state index contributed by atoms with van der Waals surface area (Å²) in [6.07, 6.45) is 4.59. The summed E-state index contributed by atoms with van der Waals surface area (Å²) in [6, 6.07) is 12.4. The third-order valence-electron chi connectivity index (χ3n) is 4.26. The number of H-pyrrole nitrogens is 2. The molecule has 0 saturated carbocycles. The normalized spacial score (nSPS) is 11.6. The van der Waals surface area contributed by atoms with Gasteiger partial charge >= 0.3 is 0 Å². The summed E-state index contributed by atoms with van der Waals surface area (Å²) < 4.78 is 15.4. The van der Waals surface area contributed by atoms with E-state index in [4.69, 9.17) is 12.2 Å². The minimum absolute atomic E-state index is 0.337. The highest BCUT2D eigenvalue weighted by Gasteiger charge is 2.10. The maximum atomic E-state index is 13.5. The molecule has 2 aromatic heterocycles. The van der Waals surface area contributed by atoms with Crippen molar-refractivity contribution < 1.29 is 4.39 Å². The van der Waals surface area contributed by atoms with E-state index in [2.05, 4.69) is 39.3 Å². The molecule has 0 spiro atoms. The van der Waals surface area contributed by atoms with E-state index in [0.717, 1.165) is 22.9 Å². The molecule has 0 atom stereocenters. The van der Waals surface area contributed by atoms with Gasteiger partial charge in [0.15, 0.2) is 5.82 Å². The molecule has 2 aromatic carbocycles. The average molecular weight is 365 g/mol. The summed E-state index contributed by atoms with van der Waals surface area (Å²) in [6.45, 7) is 2.12. The fourth-order valence-electron chi connectivity index (χ4n) is 2.97. The lowest BCUT2D eigenvalue weighted by molar-refractivity contribution is 0.628. The van der Waals surface area contributed by atoms with Crippen LogP contribution < -0.4 is 0 Å². The Bertz CT molecular complexity index is 1170. The smallest absolute Gasteiger partial charge is 0.216 e. The Labute approximate surface area is 154 Å². The third-order valence-corrected chi connectivity index (χ3v) is 4.52. The van der Waals surface area contributed by atoms with E-state index in [0.29, 0.717) is 16.2 Å². The van der Waals surface area contributed by atoms with Gasteiger partial charge in [-0.25, -0.2) is 9.49 Å². The van der Waals surface area contributed by atoms with E-state index in [1.54, 1.807) is 18.3 Å². The van der Waals surface area contributed by atoms with Gasteiger partial charge in [-0.05, 0) is 36.3 Å². The highest BCUT2D eigenvalue weighted by atomic mass is 32.1. The van der Waals surface area contributed by atoms with Gasteiger partial charge in [-0.1, -0.05) is 37.3 Å². The van der Waals surface area contributed by atoms with E-state index in [-0.39, 0.29) is 5.82 Å². The maximum absolute atomic E-state index is 13.5. The van der Waals surface area contributed by atoms with Crippen molar-refractivity contribution >= 4 is 29.3 Å². The molecule has 0 saturated heterocycles. The van der Waals surface area contributed by atoms with Crippen LogP contribution >= 0.6 is 12.2 Å². The Morgan fingerprint density at radius 2 is 2.12 bits per heavy atom. The first kappa shape index (κ1) is 16.4. The van der Waals surface area contributed by atoms with Gasteiger partial charge in [0.25, 0.3) is 0 Å². The monoisotopic (exact) mass is 365 g/mol. The van der Waals surface area contributed by atoms with Crippen LogP contribution in [0.5, 0.6) is 0 Å². The largest absolute Gasteiger partial charge is 0.360 e. The molecule has 0 aliphatic heterocycles. The highest BCUT2D eigenvalue weighted by Crippen LogP contribution is 2.22. The lowest BCUT2D eigenvalue weighted by atomic mass is 10.1. The Morgan fingerprint density at radius 3 is 2.92 bits per heavy atom. The Hall–Kier alpha value is -3.06. The van der Waals surface area contributed by atoms with Gasteiger partial charge in [0, 0.05) is 28.2 Å². The Balaban J connectivity index is 1.77. The lowest BCUT2D eigenvalue weighted by Gasteiger charge is -2.01. The number of nitrogens with zero attached hydrogens (tertiary/aromatic N) is 3. The summed E-state index contributed by atoms with van der Waals surface area (Å²) in [5.41, 5.74) is 3.91. The zero-order chi connectivity index (χ0) is 18.1. The van der Waals surface area contributed by atoms with E-state index in [9.17, 15) is 4.39 Å². The number of aromatic amines is 2. The molecule has 0 amide bonds. The SMILES string of the molecule is CCc1cccc2c(/C=N/n3c(-c4cccc(F)c4)n[nH]c3=S)c[nH]c12. The Morgan fingerprint density at radius 1 is 1.27 bits per heavy atom. The second-order valence-electron chi connectivity index (χ2n) is 5.86. The topological polar surface area (TPSA) is 61.8 Å². The molecule has 7 heteroatoms. The zero-order valence-electron chi connectivity index (χ0n) is 14.0. The Kier molecular flexibility index (Phi) is 4.22. The molecule has 4 aromatic rings. The number of benzene rings is 2. The van der Waals surface area contributed by atoms with Crippen LogP contribution in [-0.4, -0.2) is 26.1 Å². The second kappa shape index (κ2) is 6.68. The van der Waals surface area contributed by atoms with Crippen molar-refractivity contribution in [1.82, 2.24) is 19.9 Å². The molecule has 0 fully saturated rings. The molecule has 2 heterocycles. The molecule has 0 unspecified atom stereocenters. The molecule has 0 bridgehead atoms. The van der Waals surface area contributed by atoms with Crippen molar-refractivity contribution in [2.24, 2.45) is 5.10 Å². The number of hydrogen-bond donors (Lipinski definition) is 2. The number of para-hydroxylation sites is 1. The first-order chi connectivity index (χ1) is 12.7. The van der Waals surface area contributed by atoms with Crippen LogP contribution in [0.25, 0.3) is 22.3 Å². The number of aromatic nitrogens is 4. The van der Waals surface area contributed by atoms with Gasteiger partial charge in [0.05, 0.1) is 6.21 Å². The number of aryl methyl sites for hydroxylation is 1. The molecule has 2 N–H and O–H groups in total. The quantitative estimate of drug-likeness (QED) is 0.408. The van der Waals surface area contributed by atoms with Crippen molar-refractivity contribution in [2.45, 2.75) is 13.3 Å². The van der Waals surface area contributed by atoms with E-state index < -0.39 is 0 Å². The van der Waals surface area contributed by atoms with E-state index in [1.807, 2.05) is 12.3 Å². The maximum Gasteiger partial charge on any atom is 0.216 e. The predicted octanol–water partition coefficient (Wildman–Crippen LogP) is 4.67. The van der Waals surface area contributed by atoms with E-state index >= 15 is 0 Å². The number of fused-ring (bicyclic) bond motifs is 1. The molecular formula is C19H16FN5S. The number of hydrogen-bond acceptors (Lipinski definition) is 3. The van der Waals surface area contributed by atoms with Crippen LogP contribution in [0.15, 0.2) is 53.8 Å². The summed E-state index contributed by atoms with van der Waals surface area (Å²) in [4.78, 5) is 3.31. The summed E-state index contributed by atoms with van der Waals surface area (Å²) in [5.74, 6) is 0.121. The van der Waals surface area contributed by atoms with Crippen LogP contribution in [0.3, 0.4) is 0 Å². The molecule has 0 radical (unpaired) electrons. The minimum atomic E-state index is -0.337. The second-order valence-corrected chi connectivity index (χ2v) is 6.24. The van der Waals surface area contributed by atoms with Crippen LogP contribution in [0.2, 0.25) is 0 Å². The number of nitrogens with one attached hydrogen (secondary N) is 2. The molecule has 4 rings (SSSR count). The fourth-order valence-corrected chi connectivity index (χ4v) is 3.15. The van der Waals surface area contributed by atoms with Crippen LogP contribution in [0.4, 0.5) is 4.39 Å². The van der Waals surface area contributed by atoms with Gasteiger partial charge < -0.3 is 4.98 Å². The van der Waals surface area contributed by atoms with Gasteiger partial charge in [0.1, 0.15) is 5.82 Å². The van der Waals surface area contributed by atoms with Crippen LogP contribution in [-0.2, 0) is 6.42 Å². The van der Waals surface area contributed by atoms with Crippen LogP contribution in [0, 0.1) is 10.6 Å². The van der Waals surface area contributed by atoms with Crippen molar-refractivity contribution in [3.05, 3.63) is 70.4 Å². The van der Waals surface area contributed by atoms with Crippen molar-refractivity contribution in [3.8, 4) is 11.4 Å². The zero-order valence-corrected chi connectivity index (χ0v) is 14.8. The average Bonchev–Trinajstić information content (AvgIpc) is 3.23. The molecule has 5 nitrogen and oxygen atoms in total. The number of rotatable bonds is 4. The summed E-state index contributed by atoms with van der Waals surface area (Å²) in [5, 5.41) is 12.5. The number of halogens is 1. The summed E-state index contributed by atoms with van der Waals surface area (Å²) in [7, 11) is 0. The van der Waals surface area contributed by atoms with Gasteiger partial charge in [-0.2, -0.15) is 14.9 Å². The van der Waals surface area contributed by atoms with Gasteiger partial charge in [0.2, 0.25) is 4.77 Å². The predicted molar refractivity (Wildman–Crippen MR) is 103 cm³/mol. The van der Waals surface area contributed by atoms with Gasteiger partial charge in [-0.15, -0.1) is 0 Å². The molecule has 0 aliphatic rings. The summed E-state index contributed by atoms with van der Waals surface area (Å²) >= 11 is 5.27. The molecular weight excluding hydrogens is 349 g/mol. The first-order valence-electron chi connectivity index (χ1n) is 8.24. The van der Waals surface area contributed by atoms with Crippen LogP contribution in [0.1, 0.15) is 18.1 Å². The van der Waals surface area contributed by atoms with Gasteiger partial charge in [-0.3, -0.25) is 0 Å². The third kappa shape index (κ3) is 2.86. The fraction of sp³-hybridized carbons (Fsp3) is 0.105. The lowest BCUT2D eigenvalue weighted by Crippen LogP contribution is -1.95. The van der Waals surface area contributed by atoms with Crippen molar-refractivity contribution in [2.75, 3.05) is 0 Å². The van der Waals surface area contributed by atoms with E-state index in [1.165, 1.54) is 22.4 Å².